The van der Waals surface area contributed by atoms with Crippen molar-refractivity contribution in [3.8, 4) is 5.75 Å². The second kappa shape index (κ2) is 7.01. The molecule has 0 atom stereocenters. The fraction of sp³-hybridized carbons (Fsp3) is 0.500. The van der Waals surface area contributed by atoms with E-state index in [0.717, 1.165) is 0 Å². The van der Waals surface area contributed by atoms with Gasteiger partial charge in [-0.05, 0) is 18.2 Å². The van der Waals surface area contributed by atoms with Crippen molar-refractivity contribution in [1.29, 1.82) is 0 Å². The number of sulfonamides is 1. The molecule has 2 aliphatic heterocycles. The number of amides is 2. The third-order valence-corrected chi connectivity index (χ3v) is 6.24. The molecule has 2 heterocycles. The predicted molar refractivity (Wildman–Crippen MR) is 90.8 cm³/mol. The summed E-state index contributed by atoms with van der Waals surface area (Å²) in [7, 11) is -3.69. The van der Waals surface area contributed by atoms with Gasteiger partial charge in [-0.3, -0.25) is 9.59 Å². The number of fused-ring (bicyclic) bond motifs is 1. The van der Waals surface area contributed by atoms with Gasteiger partial charge in [0.25, 0.3) is 0 Å². The molecule has 0 bridgehead atoms. The number of carbonyl (C=O) groups excluding carboxylic acids is 2. The average Bonchev–Trinajstić information content (AvgIpc) is 2.80. The van der Waals surface area contributed by atoms with E-state index in [0.29, 0.717) is 30.9 Å². The minimum absolute atomic E-state index is 0.0296. The standard InChI is InChI=1S/C16H21N3O5S/c1-2-16(21)18-6-8-19(9-7-18)25(22,23)12-3-4-14-13(11-12)17-15(20)5-10-24-14/h3-4,11H,2,5-10H2,1H3,(H,17,20). The maximum Gasteiger partial charge on any atom is 0.243 e. The number of benzene rings is 1. The fourth-order valence-electron chi connectivity index (χ4n) is 2.91. The van der Waals surface area contributed by atoms with Crippen LogP contribution in [-0.4, -0.2) is 62.2 Å². The van der Waals surface area contributed by atoms with Crippen LogP contribution in [0.3, 0.4) is 0 Å². The van der Waals surface area contributed by atoms with Crippen molar-refractivity contribution >= 4 is 27.5 Å². The van der Waals surface area contributed by atoms with Crippen LogP contribution in [0, 0.1) is 0 Å². The molecule has 0 aromatic heterocycles. The van der Waals surface area contributed by atoms with Gasteiger partial charge < -0.3 is 15.0 Å². The largest absolute Gasteiger partial charge is 0.491 e. The van der Waals surface area contributed by atoms with Crippen molar-refractivity contribution in [2.45, 2.75) is 24.7 Å². The van der Waals surface area contributed by atoms with E-state index in [1.807, 2.05) is 0 Å². The molecule has 1 fully saturated rings. The van der Waals surface area contributed by atoms with E-state index in [-0.39, 0.29) is 42.8 Å². The second-order valence-electron chi connectivity index (χ2n) is 5.94. The van der Waals surface area contributed by atoms with Crippen molar-refractivity contribution in [3.63, 3.8) is 0 Å². The van der Waals surface area contributed by atoms with Gasteiger partial charge in [0.2, 0.25) is 21.8 Å². The summed E-state index contributed by atoms with van der Waals surface area (Å²) in [6.07, 6.45) is 0.640. The van der Waals surface area contributed by atoms with E-state index in [4.69, 9.17) is 4.74 Å². The molecule has 1 aromatic carbocycles. The van der Waals surface area contributed by atoms with Crippen LogP contribution in [0.4, 0.5) is 5.69 Å². The predicted octanol–water partition coefficient (Wildman–Crippen LogP) is 0.651. The summed E-state index contributed by atoms with van der Waals surface area (Å²) in [5, 5.41) is 2.67. The molecule has 1 aromatic rings. The molecule has 25 heavy (non-hydrogen) atoms. The molecule has 0 saturated carbocycles. The van der Waals surface area contributed by atoms with E-state index in [1.165, 1.54) is 16.4 Å². The number of carbonyl (C=O) groups is 2. The van der Waals surface area contributed by atoms with Crippen molar-refractivity contribution in [3.05, 3.63) is 18.2 Å². The molecule has 2 aliphatic rings. The first-order chi connectivity index (χ1) is 11.9. The van der Waals surface area contributed by atoms with Gasteiger partial charge in [-0.25, -0.2) is 8.42 Å². The van der Waals surface area contributed by atoms with Gasteiger partial charge in [0.15, 0.2) is 0 Å². The smallest absolute Gasteiger partial charge is 0.243 e. The molecular weight excluding hydrogens is 346 g/mol. The first-order valence-electron chi connectivity index (χ1n) is 8.26. The number of anilines is 1. The number of ether oxygens (including phenoxy) is 1. The Labute approximate surface area is 146 Å². The summed E-state index contributed by atoms with van der Waals surface area (Å²) >= 11 is 0. The number of hydrogen-bond donors (Lipinski definition) is 1. The molecule has 0 radical (unpaired) electrons. The first-order valence-corrected chi connectivity index (χ1v) is 9.70. The minimum Gasteiger partial charge on any atom is -0.491 e. The quantitative estimate of drug-likeness (QED) is 0.846. The van der Waals surface area contributed by atoms with Crippen molar-refractivity contribution in [2.75, 3.05) is 38.1 Å². The summed E-state index contributed by atoms with van der Waals surface area (Å²) in [5.41, 5.74) is 0.364. The molecule has 3 rings (SSSR count). The normalized spacial score (nSPS) is 18.8. The van der Waals surface area contributed by atoms with Crippen molar-refractivity contribution in [1.82, 2.24) is 9.21 Å². The Kier molecular flexibility index (Phi) is 4.96. The van der Waals surface area contributed by atoms with Crippen molar-refractivity contribution < 1.29 is 22.7 Å². The van der Waals surface area contributed by atoms with Gasteiger partial charge in [-0.1, -0.05) is 6.92 Å². The second-order valence-corrected chi connectivity index (χ2v) is 7.88. The molecule has 1 saturated heterocycles. The highest BCUT2D eigenvalue weighted by atomic mass is 32.2. The lowest BCUT2D eigenvalue weighted by molar-refractivity contribution is -0.132. The minimum atomic E-state index is -3.69. The molecule has 0 unspecified atom stereocenters. The monoisotopic (exact) mass is 367 g/mol. The average molecular weight is 367 g/mol. The van der Waals surface area contributed by atoms with Crippen LogP contribution in [0.5, 0.6) is 5.75 Å². The SMILES string of the molecule is CCC(=O)N1CCN(S(=O)(=O)c2ccc3c(c2)NC(=O)CCO3)CC1. The summed E-state index contributed by atoms with van der Waals surface area (Å²) in [6, 6.07) is 4.47. The van der Waals surface area contributed by atoms with Gasteiger partial charge in [0, 0.05) is 32.6 Å². The van der Waals surface area contributed by atoms with Gasteiger partial charge in [-0.2, -0.15) is 4.31 Å². The Bertz CT molecular complexity index is 785. The summed E-state index contributed by atoms with van der Waals surface area (Å²) in [4.78, 5) is 25.2. The van der Waals surface area contributed by atoms with E-state index >= 15 is 0 Å². The van der Waals surface area contributed by atoms with Crippen LogP contribution >= 0.6 is 0 Å². The Hall–Kier alpha value is -2.13. The lowest BCUT2D eigenvalue weighted by Crippen LogP contribution is -2.50. The van der Waals surface area contributed by atoms with Crippen LogP contribution in [0.15, 0.2) is 23.1 Å². The Morgan fingerprint density at radius 2 is 1.96 bits per heavy atom. The maximum atomic E-state index is 12.9. The third-order valence-electron chi connectivity index (χ3n) is 4.34. The lowest BCUT2D eigenvalue weighted by Gasteiger charge is -2.34. The van der Waals surface area contributed by atoms with Gasteiger partial charge in [-0.15, -0.1) is 0 Å². The van der Waals surface area contributed by atoms with E-state index < -0.39 is 10.0 Å². The lowest BCUT2D eigenvalue weighted by atomic mass is 10.3. The Morgan fingerprint density at radius 1 is 1.24 bits per heavy atom. The summed E-state index contributed by atoms with van der Waals surface area (Å²) in [5.74, 6) is 0.282. The van der Waals surface area contributed by atoms with E-state index in [1.54, 1.807) is 17.9 Å². The maximum absolute atomic E-state index is 12.9. The number of piperazine rings is 1. The Morgan fingerprint density at radius 3 is 2.64 bits per heavy atom. The zero-order chi connectivity index (χ0) is 18.0. The highest BCUT2D eigenvalue weighted by Gasteiger charge is 2.30. The van der Waals surface area contributed by atoms with Gasteiger partial charge in [0.05, 0.1) is 23.6 Å². The number of nitrogens with zero attached hydrogens (tertiary/aromatic N) is 2. The van der Waals surface area contributed by atoms with E-state index in [9.17, 15) is 18.0 Å². The fourth-order valence-corrected chi connectivity index (χ4v) is 4.36. The zero-order valence-electron chi connectivity index (χ0n) is 14.0. The zero-order valence-corrected chi connectivity index (χ0v) is 14.8. The molecule has 0 aliphatic carbocycles. The number of rotatable bonds is 3. The summed E-state index contributed by atoms with van der Waals surface area (Å²) < 4.78 is 32.5. The van der Waals surface area contributed by atoms with Crippen LogP contribution in [0.2, 0.25) is 0 Å². The number of nitrogens with one attached hydrogen (secondary N) is 1. The van der Waals surface area contributed by atoms with Gasteiger partial charge >= 0.3 is 0 Å². The summed E-state index contributed by atoms with van der Waals surface area (Å²) in [6.45, 7) is 3.34. The highest BCUT2D eigenvalue weighted by molar-refractivity contribution is 7.89. The van der Waals surface area contributed by atoms with Gasteiger partial charge in [0.1, 0.15) is 5.75 Å². The first kappa shape index (κ1) is 17.7. The van der Waals surface area contributed by atoms with E-state index in [2.05, 4.69) is 5.32 Å². The topological polar surface area (TPSA) is 96.0 Å². The highest BCUT2D eigenvalue weighted by Crippen LogP contribution is 2.31. The van der Waals surface area contributed by atoms with Crippen LogP contribution in [0.1, 0.15) is 19.8 Å². The Balaban J connectivity index is 1.79. The molecule has 8 nitrogen and oxygen atoms in total. The molecular formula is C16H21N3O5S. The van der Waals surface area contributed by atoms with Crippen LogP contribution < -0.4 is 10.1 Å². The molecule has 136 valence electrons. The molecule has 2 amide bonds. The molecule has 1 N–H and O–H groups in total. The molecule has 9 heteroatoms. The third kappa shape index (κ3) is 3.62. The molecule has 0 spiro atoms. The van der Waals surface area contributed by atoms with Crippen LogP contribution in [-0.2, 0) is 19.6 Å². The van der Waals surface area contributed by atoms with Crippen molar-refractivity contribution in [2.24, 2.45) is 0 Å². The number of hydrogen-bond acceptors (Lipinski definition) is 5. The van der Waals surface area contributed by atoms with Crippen LogP contribution in [0.25, 0.3) is 0 Å².